The fraction of sp³-hybridized carbons (Fsp3) is 0.611. The van der Waals surface area contributed by atoms with Crippen LogP contribution in [0.1, 0.15) is 25.5 Å². The molecule has 1 N–H and O–H groups in total. The molecule has 1 atom stereocenters. The number of ether oxygens (including phenoxy) is 1. The normalized spacial score (nSPS) is 18.8. The zero-order chi connectivity index (χ0) is 19.3. The number of nitrogens with one attached hydrogen (secondary N) is 1. The van der Waals surface area contributed by atoms with Gasteiger partial charge in [-0.15, -0.1) is 0 Å². The van der Waals surface area contributed by atoms with E-state index in [4.69, 9.17) is 4.74 Å². The lowest BCUT2D eigenvalue weighted by atomic mass is 10.0. The minimum atomic E-state index is -4.41. The lowest BCUT2D eigenvalue weighted by molar-refractivity contribution is -0.165. The summed E-state index contributed by atoms with van der Waals surface area (Å²) in [6.45, 7) is 3.77. The van der Waals surface area contributed by atoms with Crippen LogP contribution >= 0.6 is 0 Å². The van der Waals surface area contributed by atoms with Crippen LogP contribution in [0.5, 0.6) is 5.75 Å². The number of hydrogen-bond donors (Lipinski definition) is 1. The molecule has 2 rings (SSSR count). The van der Waals surface area contributed by atoms with E-state index >= 15 is 0 Å². The van der Waals surface area contributed by atoms with E-state index in [2.05, 4.69) is 5.32 Å². The monoisotopic (exact) mass is 373 g/mol. The van der Waals surface area contributed by atoms with Crippen LogP contribution in [0.4, 0.5) is 13.2 Å². The van der Waals surface area contributed by atoms with E-state index in [1.165, 1.54) is 0 Å². The number of nitrogens with zero attached hydrogens (tertiary/aromatic N) is 2. The molecule has 0 spiro atoms. The Morgan fingerprint density at radius 1 is 1.38 bits per heavy atom. The molecule has 8 heteroatoms. The summed E-state index contributed by atoms with van der Waals surface area (Å²) in [4.78, 5) is 15.4. The average Bonchev–Trinajstić information content (AvgIpc) is 2.59. The minimum absolute atomic E-state index is 0.0569. The number of hydrogen-bond acceptors (Lipinski definition) is 4. The van der Waals surface area contributed by atoms with Crippen molar-refractivity contribution < 1.29 is 22.7 Å². The SMILES string of the molecule is COc1ccccc1C1CNCCN1CC(=O)N(CC(F)(F)F)C(C)C. The van der Waals surface area contributed by atoms with Crippen LogP contribution in [0, 0.1) is 0 Å². The van der Waals surface area contributed by atoms with Crippen molar-refractivity contribution in [2.75, 3.05) is 39.8 Å². The first-order valence-electron chi connectivity index (χ1n) is 8.67. The van der Waals surface area contributed by atoms with Gasteiger partial charge in [0.25, 0.3) is 0 Å². The molecule has 1 aliphatic rings. The van der Waals surface area contributed by atoms with Crippen molar-refractivity contribution in [2.45, 2.75) is 32.1 Å². The number of para-hydroxylation sites is 1. The number of carbonyl (C=O) groups is 1. The zero-order valence-electron chi connectivity index (χ0n) is 15.3. The number of piperazine rings is 1. The molecule has 1 heterocycles. The first-order valence-corrected chi connectivity index (χ1v) is 8.67. The molecular weight excluding hydrogens is 347 g/mol. The lowest BCUT2D eigenvalue weighted by Gasteiger charge is -2.38. The molecule has 1 aromatic rings. The third-order valence-electron chi connectivity index (χ3n) is 4.48. The summed E-state index contributed by atoms with van der Waals surface area (Å²) in [7, 11) is 1.58. The molecule has 26 heavy (non-hydrogen) atoms. The van der Waals surface area contributed by atoms with Crippen LogP contribution in [0.2, 0.25) is 0 Å². The first kappa shape index (κ1) is 20.5. The van der Waals surface area contributed by atoms with Gasteiger partial charge in [0.1, 0.15) is 12.3 Å². The lowest BCUT2D eigenvalue weighted by Crippen LogP contribution is -2.52. The van der Waals surface area contributed by atoms with Gasteiger partial charge in [0.05, 0.1) is 19.7 Å². The topological polar surface area (TPSA) is 44.8 Å². The molecule has 1 fully saturated rings. The Hall–Kier alpha value is -1.80. The summed E-state index contributed by atoms with van der Waals surface area (Å²) in [5.41, 5.74) is 0.918. The smallest absolute Gasteiger partial charge is 0.406 e. The molecular formula is C18H26F3N3O2. The van der Waals surface area contributed by atoms with Crippen molar-refractivity contribution in [1.82, 2.24) is 15.1 Å². The highest BCUT2D eigenvalue weighted by atomic mass is 19.4. The van der Waals surface area contributed by atoms with E-state index in [1.807, 2.05) is 29.2 Å². The van der Waals surface area contributed by atoms with Crippen LogP contribution in [0.25, 0.3) is 0 Å². The number of rotatable bonds is 6. The van der Waals surface area contributed by atoms with Crippen LogP contribution in [-0.2, 0) is 4.79 Å². The van der Waals surface area contributed by atoms with E-state index < -0.39 is 24.7 Å². The van der Waals surface area contributed by atoms with Gasteiger partial charge in [-0.2, -0.15) is 13.2 Å². The Bertz CT molecular complexity index is 608. The van der Waals surface area contributed by atoms with Gasteiger partial charge in [-0.3, -0.25) is 9.69 Å². The Morgan fingerprint density at radius 2 is 2.08 bits per heavy atom. The Balaban J connectivity index is 2.17. The van der Waals surface area contributed by atoms with Gasteiger partial charge >= 0.3 is 6.18 Å². The maximum atomic E-state index is 12.8. The van der Waals surface area contributed by atoms with Crippen LogP contribution in [-0.4, -0.2) is 67.8 Å². The molecule has 0 bridgehead atoms. The molecule has 0 radical (unpaired) electrons. The largest absolute Gasteiger partial charge is 0.496 e. The van der Waals surface area contributed by atoms with Gasteiger partial charge in [0.15, 0.2) is 0 Å². The summed E-state index contributed by atoms with van der Waals surface area (Å²) < 4.78 is 43.8. The molecule has 0 aliphatic carbocycles. The quantitative estimate of drug-likeness (QED) is 0.832. The van der Waals surface area contributed by atoms with Crippen molar-refractivity contribution >= 4 is 5.91 Å². The summed E-state index contributed by atoms with van der Waals surface area (Å²) in [6.07, 6.45) is -4.41. The third-order valence-corrected chi connectivity index (χ3v) is 4.48. The Kier molecular flexibility index (Phi) is 6.88. The number of carbonyl (C=O) groups excluding carboxylic acids is 1. The zero-order valence-corrected chi connectivity index (χ0v) is 15.3. The van der Waals surface area contributed by atoms with Gasteiger partial charge in [0, 0.05) is 31.2 Å². The highest BCUT2D eigenvalue weighted by Crippen LogP contribution is 2.30. The highest BCUT2D eigenvalue weighted by Gasteiger charge is 2.36. The summed E-state index contributed by atoms with van der Waals surface area (Å²) in [5.74, 6) is 0.189. The first-order chi connectivity index (χ1) is 12.2. The van der Waals surface area contributed by atoms with Crippen molar-refractivity contribution in [1.29, 1.82) is 0 Å². The molecule has 1 amide bonds. The predicted octanol–water partition coefficient (Wildman–Crippen LogP) is 2.44. The standard InChI is InChI=1S/C18H26F3N3O2/c1-13(2)24(12-18(19,20)21)17(25)11-23-9-8-22-10-15(23)14-6-4-5-7-16(14)26-3/h4-7,13,15,22H,8-12H2,1-3H3. The van der Waals surface area contributed by atoms with Gasteiger partial charge in [-0.05, 0) is 19.9 Å². The van der Waals surface area contributed by atoms with Crippen LogP contribution < -0.4 is 10.1 Å². The fourth-order valence-electron chi connectivity index (χ4n) is 3.20. The predicted molar refractivity (Wildman–Crippen MR) is 93.1 cm³/mol. The Labute approximate surface area is 152 Å². The maximum Gasteiger partial charge on any atom is 0.406 e. The van der Waals surface area contributed by atoms with Crippen LogP contribution in [0.3, 0.4) is 0 Å². The van der Waals surface area contributed by atoms with E-state index in [0.717, 1.165) is 10.5 Å². The summed E-state index contributed by atoms with van der Waals surface area (Å²) in [6, 6.07) is 6.85. The number of halogens is 3. The van der Waals surface area contributed by atoms with E-state index in [-0.39, 0.29) is 12.6 Å². The maximum absolute atomic E-state index is 12.8. The molecule has 1 aliphatic heterocycles. The number of methoxy groups -OCH3 is 1. The second-order valence-electron chi connectivity index (χ2n) is 6.66. The average molecular weight is 373 g/mol. The molecule has 1 aromatic carbocycles. The van der Waals surface area contributed by atoms with Gasteiger partial charge in [-0.25, -0.2) is 0 Å². The number of alkyl halides is 3. The molecule has 146 valence electrons. The second-order valence-corrected chi connectivity index (χ2v) is 6.66. The van der Waals surface area contributed by atoms with E-state index in [1.54, 1.807) is 21.0 Å². The third kappa shape index (κ3) is 5.35. The van der Waals surface area contributed by atoms with Crippen LogP contribution in [0.15, 0.2) is 24.3 Å². The number of amides is 1. The summed E-state index contributed by atoms with van der Waals surface area (Å²) >= 11 is 0. The Morgan fingerprint density at radius 3 is 2.69 bits per heavy atom. The van der Waals surface area contributed by atoms with Crippen molar-refractivity contribution in [3.63, 3.8) is 0 Å². The molecule has 0 saturated carbocycles. The number of benzene rings is 1. The van der Waals surface area contributed by atoms with Crippen molar-refractivity contribution in [3.05, 3.63) is 29.8 Å². The van der Waals surface area contributed by atoms with Gasteiger partial charge < -0.3 is 15.0 Å². The van der Waals surface area contributed by atoms with Crippen molar-refractivity contribution in [3.8, 4) is 5.75 Å². The van der Waals surface area contributed by atoms with Gasteiger partial charge in [0.2, 0.25) is 5.91 Å². The summed E-state index contributed by atoms with van der Waals surface area (Å²) in [5, 5.41) is 3.28. The molecule has 1 unspecified atom stereocenters. The molecule has 5 nitrogen and oxygen atoms in total. The van der Waals surface area contributed by atoms with Crippen molar-refractivity contribution in [2.24, 2.45) is 0 Å². The highest BCUT2D eigenvalue weighted by molar-refractivity contribution is 5.78. The van der Waals surface area contributed by atoms with E-state index in [9.17, 15) is 18.0 Å². The van der Waals surface area contributed by atoms with Gasteiger partial charge in [-0.1, -0.05) is 18.2 Å². The second kappa shape index (κ2) is 8.73. The van der Waals surface area contributed by atoms with E-state index in [0.29, 0.717) is 25.4 Å². The minimum Gasteiger partial charge on any atom is -0.496 e. The fourth-order valence-corrected chi connectivity index (χ4v) is 3.20. The molecule has 1 saturated heterocycles. The molecule has 0 aromatic heterocycles.